The maximum Gasteiger partial charge on any atom is 0.162 e. The molecule has 118 valence electrons. The summed E-state index contributed by atoms with van der Waals surface area (Å²) in [6.07, 6.45) is 0. The summed E-state index contributed by atoms with van der Waals surface area (Å²) >= 11 is 0. The standard InChI is InChI=1S/C14H28N2O4/c1-13(2)17-7-11(8-18-13)16(6-5-15)12-9-19-14(3,4)20-10-12/h11-12H,5-10,15H2,1-4H3. The Labute approximate surface area is 121 Å². The molecule has 0 saturated carbocycles. The minimum absolute atomic E-state index is 0.199. The Morgan fingerprint density at radius 3 is 1.50 bits per heavy atom. The van der Waals surface area contributed by atoms with E-state index >= 15 is 0 Å². The van der Waals surface area contributed by atoms with Crippen LogP contribution in [-0.2, 0) is 18.9 Å². The van der Waals surface area contributed by atoms with Crippen molar-refractivity contribution in [3.63, 3.8) is 0 Å². The third-order valence-corrected chi connectivity index (χ3v) is 3.82. The number of hydrogen-bond acceptors (Lipinski definition) is 6. The van der Waals surface area contributed by atoms with Crippen LogP contribution in [0, 0.1) is 0 Å². The molecule has 0 bridgehead atoms. The second-order valence-corrected chi connectivity index (χ2v) is 6.38. The molecule has 2 heterocycles. The van der Waals surface area contributed by atoms with Crippen molar-refractivity contribution in [2.75, 3.05) is 39.5 Å². The fraction of sp³-hybridized carbons (Fsp3) is 1.00. The third-order valence-electron chi connectivity index (χ3n) is 3.82. The molecule has 0 radical (unpaired) electrons. The summed E-state index contributed by atoms with van der Waals surface area (Å²) in [6.45, 7) is 11.7. The molecule has 0 aromatic heterocycles. The van der Waals surface area contributed by atoms with Crippen LogP contribution in [0.2, 0.25) is 0 Å². The van der Waals surface area contributed by atoms with E-state index in [0.717, 1.165) is 6.54 Å². The first kappa shape index (κ1) is 16.1. The van der Waals surface area contributed by atoms with Gasteiger partial charge in [-0.25, -0.2) is 0 Å². The first-order valence-electron chi connectivity index (χ1n) is 7.35. The molecule has 0 aliphatic carbocycles. The molecule has 6 nitrogen and oxygen atoms in total. The highest BCUT2D eigenvalue weighted by Gasteiger charge is 2.37. The zero-order valence-electron chi connectivity index (χ0n) is 13.1. The van der Waals surface area contributed by atoms with Gasteiger partial charge < -0.3 is 24.7 Å². The normalized spacial score (nSPS) is 27.9. The molecule has 2 aliphatic heterocycles. The molecule has 0 atom stereocenters. The lowest BCUT2D eigenvalue weighted by molar-refractivity contribution is -0.287. The Hall–Kier alpha value is -0.240. The van der Waals surface area contributed by atoms with Gasteiger partial charge in [-0.15, -0.1) is 0 Å². The molecular weight excluding hydrogens is 260 g/mol. The van der Waals surface area contributed by atoms with Crippen LogP contribution < -0.4 is 5.73 Å². The van der Waals surface area contributed by atoms with Crippen LogP contribution in [0.15, 0.2) is 0 Å². The van der Waals surface area contributed by atoms with Gasteiger partial charge in [0.1, 0.15) is 0 Å². The number of hydrogen-bond donors (Lipinski definition) is 1. The van der Waals surface area contributed by atoms with Crippen LogP contribution in [0.4, 0.5) is 0 Å². The predicted octanol–water partition coefficient (Wildman–Crippen LogP) is 0.550. The summed E-state index contributed by atoms with van der Waals surface area (Å²) in [7, 11) is 0. The van der Waals surface area contributed by atoms with E-state index in [-0.39, 0.29) is 12.1 Å². The molecule has 0 amide bonds. The summed E-state index contributed by atoms with van der Waals surface area (Å²) in [5.41, 5.74) is 5.74. The molecule has 0 aromatic rings. The van der Waals surface area contributed by atoms with Crippen LogP contribution in [0.5, 0.6) is 0 Å². The fourth-order valence-corrected chi connectivity index (χ4v) is 2.56. The van der Waals surface area contributed by atoms with Gasteiger partial charge in [-0.2, -0.15) is 0 Å². The van der Waals surface area contributed by atoms with E-state index < -0.39 is 11.6 Å². The van der Waals surface area contributed by atoms with Gasteiger partial charge in [0, 0.05) is 13.1 Å². The number of nitrogens with two attached hydrogens (primary N) is 1. The number of rotatable bonds is 4. The molecule has 2 saturated heterocycles. The first-order valence-corrected chi connectivity index (χ1v) is 7.35. The van der Waals surface area contributed by atoms with Crippen molar-refractivity contribution in [3.05, 3.63) is 0 Å². The van der Waals surface area contributed by atoms with Crippen LogP contribution in [0.1, 0.15) is 27.7 Å². The van der Waals surface area contributed by atoms with E-state index in [9.17, 15) is 0 Å². The van der Waals surface area contributed by atoms with Crippen LogP contribution in [0.25, 0.3) is 0 Å². The molecular formula is C14H28N2O4. The summed E-state index contributed by atoms with van der Waals surface area (Å²) in [6, 6.07) is 0.398. The maximum absolute atomic E-state index is 5.75. The zero-order chi connectivity index (χ0) is 14.8. The summed E-state index contributed by atoms with van der Waals surface area (Å²) in [5.74, 6) is -0.987. The third kappa shape index (κ3) is 4.13. The SMILES string of the molecule is CC1(C)OCC(N(CCN)C2COC(C)(C)OC2)CO1. The number of nitrogens with zero attached hydrogens (tertiary/aromatic N) is 1. The van der Waals surface area contributed by atoms with E-state index in [1.807, 2.05) is 27.7 Å². The van der Waals surface area contributed by atoms with Crippen molar-refractivity contribution in [2.24, 2.45) is 5.73 Å². The van der Waals surface area contributed by atoms with Crippen molar-refractivity contribution >= 4 is 0 Å². The average Bonchev–Trinajstić information content (AvgIpc) is 2.37. The summed E-state index contributed by atoms with van der Waals surface area (Å²) in [4.78, 5) is 2.30. The zero-order valence-corrected chi connectivity index (χ0v) is 13.1. The Morgan fingerprint density at radius 2 is 1.20 bits per heavy atom. The minimum atomic E-state index is -0.494. The lowest BCUT2D eigenvalue weighted by Gasteiger charge is -2.46. The van der Waals surface area contributed by atoms with Gasteiger partial charge in [-0.05, 0) is 27.7 Å². The molecule has 2 aliphatic rings. The van der Waals surface area contributed by atoms with Crippen LogP contribution in [-0.4, -0.2) is 68.1 Å². The van der Waals surface area contributed by atoms with Gasteiger partial charge in [0.2, 0.25) is 0 Å². The highest BCUT2D eigenvalue weighted by Crippen LogP contribution is 2.24. The Morgan fingerprint density at radius 1 is 0.850 bits per heavy atom. The predicted molar refractivity (Wildman–Crippen MR) is 75.3 cm³/mol. The Balaban J connectivity index is 1.94. The lowest BCUT2D eigenvalue weighted by Crippen LogP contribution is -2.59. The molecule has 20 heavy (non-hydrogen) atoms. The maximum atomic E-state index is 5.75. The van der Waals surface area contributed by atoms with Gasteiger partial charge >= 0.3 is 0 Å². The van der Waals surface area contributed by atoms with Gasteiger partial charge in [0.25, 0.3) is 0 Å². The van der Waals surface area contributed by atoms with E-state index in [1.54, 1.807) is 0 Å². The first-order chi connectivity index (χ1) is 9.33. The minimum Gasteiger partial charge on any atom is -0.349 e. The molecule has 0 spiro atoms. The molecule has 6 heteroatoms. The second-order valence-electron chi connectivity index (χ2n) is 6.38. The highest BCUT2D eigenvalue weighted by molar-refractivity contribution is 4.84. The molecule has 2 N–H and O–H groups in total. The van der Waals surface area contributed by atoms with E-state index in [2.05, 4.69) is 4.90 Å². The lowest BCUT2D eigenvalue weighted by atomic mass is 10.1. The second kappa shape index (κ2) is 6.25. The monoisotopic (exact) mass is 288 g/mol. The van der Waals surface area contributed by atoms with E-state index in [0.29, 0.717) is 33.0 Å². The Bertz CT molecular complexity index is 274. The van der Waals surface area contributed by atoms with Crippen molar-refractivity contribution in [3.8, 4) is 0 Å². The van der Waals surface area contributed by atoms with Crippen molar-refractivity contribution in [1.82, 2.24) is 4.90 Å². The largest absolute Gasteiger partial charge is 0.349 e. The Kier molecular flexibility index (Phi) is 5.05. The quantitative estimate of drug-likeness (QED) is 0.815. The molecule has 0 aromatic carbocycles. The molecule has 2 fully saturated rings. The highest BCUT2D eigenvalue weighted by atomic mass is 16.7. The smallest absolute Gasteiger partial charge is 0.162 e. The number of ether oxygens (including phenoxy) is 4. The van der Waals surface area contributed by atoms with Crippen LogP contribution >= 0.6 is 0 Å². The van der Waals surface area contributed by atoms with Gasteiger partial charge in [0.05, 0.1) is 38.5 Å². The van der Waals surface area contributed by atoms with Gasteiger partial charge in [0.15, 0.2) is 11.6 Å². The summed E-state index contributed by atoms with van der Waals surface area (Å²) < 4.78 is 23.0. The summed E-state index contributed by atoms with van der Waals surface area (Å²) in [5, 5.41) is 0. The van der Waals surface area contributed by atoms with Crippen molar-refractivity contribution in [1.29, 1.82) is 0 Å². The molecule has 2 rings (SSSR count). The van der Waals surface area contributed by atoms with Gasteiger partial charge in [-0.1, -0.05) is 0 Å². The van der Waals surface area contributed by atoms with Crippen LogP contribution in [0.3, 0.4) is 0 Å². The topological polar surface area (TPSA) is 66.2 Å². The fourth-order valence-electron chi connectivity index (χ4n) is 2.56. The van der Waals surface area contributed by atoms with E-state index in [4.69, 9.17) is 24.7 Å². The molecule has 0 unspecified atom stereocenters. The van der Waals surface area contributed by atoms with Crippen molar-refractivity contribution in [2.45, 2.75) is 51.4 Å². The van der Waals surface area contributed by atoms with Gasteiger partial charge in [-0.3, -0.25) is 4.90 Å². The van der Waals surface area contributed by atoms with E-state index in [1.165, 1.54) is 0 Å². The average molecular weight is 288 g/mol. The van der Waals surface area contributed by atoms with Crippen molar-refractivity contribution < 1.29 is 18.9 Å².